The summed E-state index contributed by atoms with van der Waals surface area (Å²) in [4.78, 5) is 28.0. The molecule has 5 nitrogen and oxygen atoms in total. The van der Waals surface area contributed by atoms with Crippen molar-refractivity contribution in [3.05, 3.63) is 99.7 Å². The van der Waals surface area contributed by atoms with Crippen LogP contribution in [-0.4, -0.2) is 23.3 Å². The number of benzene rings is 3. The molecule has 0 aliphatic carbocycles. The third kappa shape index (κ3) is 4.49. The summed E-state index contributed by atoms with van der Waals surface area (Å²) in [5.41, 5.74) is 2.39. The van der Waals surface area contributed by atoms with Crippen molar-refractivity contribution in [3.63, 3.8) is 0 Å². The number of carbonyl (C=O) groups is 2. The number of imide groups is 1. The molecular weight excluding hydrogens is 447 g/mol. The highest BCUT2D eigenvalue weighted by atomic mass is 35.5. The van der Waals surface area contributed by atoms with E-state index in [1.165, 1.54) is 4.90 Å². The van der Waals surface area contributed by atoms with Gasteiger partial charge in [0.15, 0.2) is 0 Å². The van der Waals surface area contributed by atoms with Crippen molar-refractivity contribution in [2.24, 2.45) is 0 Å². The first-order valence-corrected chi connectivity index (χ1v) is 10.8. The highest BCUT2D eigenvalue weighted by molar-refractivity contribution is 6.37. The van der Waals surface area contributed by atoms with Gasteiger partial charge in [0.1, 0.15) is 11.4 Å². The summed E-state index contributed by atoms with van der Waals surface area (Å²) >= 11 is 12.3. The molecule has 0 unspecified atom stereocenters. The van der Waals surface area contributed by atoms with Gasteiger partial charge in [-0.05, 0) is 48.4 Å². The third-order valence-corrected chi connectivity index (χ3v) is 5.62. The summed E-state index contributed by atoms with van der Waals surface area (Å²) in [5, 5.41) is 4.17. The van der Waals surface area contributed by atoms with Gasteiger partial charge in [-0.2, -0.15) is 0 Å². The fourth-order valence-electron chi connectivity index (χ4n) is 3.49. The summed E-state index contributed by atoms with van der Waals surface area (Å²) < 4.78 is 5.55. The first-order chi connectivity index (χ1) is 15.5. The van der Waals surface area contributed by atoms with Gasteiger partial charge in [0.25, 0.3) is 11.8 Å². The Kier molecular flexibility index (Phi) is 6.49. The number of rotatable bonds is 7. The lowest BCUT2D eigenvalue weighted by molar-refractivity contribution is -0.137. The van der Waals surface area contributed by atoms with Gasteiger partial charge in [0.2, 0.25) is 0 Å². The molecule has 0 fully saturated rings. The molecule has 0 bridgehead atoms. The fraction of sp³-hybridized carbons (Fsp3) is 0.120. The van der Waals surface area contributed by atoms with E-state index in [-0.39, 0.29) is 17.8 Å². The zero-order valence-corrected chi connectivity index (χ0v) is 18.8. The number of hydrogen-bond acceptors (Lipinski definition) is 4. The Morgan fingerprint density at radius 1 is 0.906 bits per heavy atom. The summed E-state index contributed by atoms with van der Waals surface area (Å²) in [7, 11) is 0. The number of nitrogens with zero attached hydrogens (tertiary/aromatic N) is 1. The van der Waals surface area contributed by atoms with Gasteiger partial charge in [-0.25, -0.2) is 0 Å². The minimum absolute atomic E-state index is 0.0681. The van der Waals surface area contributed by atoms with Gasteiger partial charge >= 0.3 is 0 Å². The van der Waals surface area contributed by atoms with Crippen LogP contribution in [0.2, 0.25) is 10.0 Å². The molecule has 0 saturated carbocycles. The van der Waals surface area contributed by atoms with Crippen LogP contribution < -0.4 is 10.1 Å². The maximum atomic E-state index is 13.4. The maximum Gasteiger partial charge on any atom is 0.278 e. The molecule has 2 amide bonds. The lowest BCUT2D eigenvalue weighted by Crippen LogP contribution is -2.32. The van der Waals surface area contributed by atoms with Gasteiger partial charge in [0.05, 0.1) is 18.7 Å². The van der Waals surface area contributed by atoms with E-state index < -0.39 is 11.8 Å². The molecule has 0 aromatic heterocycles. The van der Waals surface area contributed by atoms with Crippen molar-refractivity contribution in [1.82, 2.24) is 4.90 Å². The van der Waals surface area contributed by atoms with Gasteiger partial charge in [-0.1, -0.05) is 59.6 Å². The van der Waals surface area contributed by atoms with Crippen LogP contribution in [0.3, 0.4) is 0 Å². The lowest BCUT2D eigenvalue weighted by atomic mass is 10.0. The number of amides is 2. The fourth-order valence-corrected chi connectivity index (χ4v) is 3.81. The van der Waals surface area contributed by atoms with Gasteiger partial charge in [-0.3, -0.25) is 14.5 Å². The number of ether oxygens (including phenoxy) is 1. The minimum atomic E-state index is -0.429. The average molecular weight is 467 g/mol. The highest BCUT2D eigenvalue weighted by Crippen LogP contribution is 2.33. The Morgan fingerprint density at radius 2 is 1.66 bits per heavy atom. The van der Waals surface area contributed by atoms with E-state index in [0.717, 1.165) is 0 Å². The predicted molar refractivity (Wildman–Crippen MR) is 127 cm³/mol. The first-order valence-electron chi connectivity index (χ1n) is 10.1. The summed E-state index contributed by atoms with van der Waals surface area (Å²) in [6.07, 6.45) is 0. The van der Waals surface area contributed by atoms with E-state index in [9.17, 15) is 9.59 Å². The molecule has 1 heterocycles. The first kappa shape index (κ1) is 21.9. The summed E-state index contributed by atoms with van der Waals surface area (Å²) in [6.45, 7) is 2.48. The Labute approximate surface area is 196 Å². The van der Waals surface area contributed by atoms with E-state index in [1.807, 2.05) is 31.2 Å². The van der Waals surface area contributed by atoms with Crippen molar-refractivity contribution in [1.29, 1.82) is 0 Å². The molecule has 1 aliphatic rings. The SMILES string of the molecule is CCOc1cccc(NC2=C(c3ccc(Cl)cc3)C(=O)N(Cc3ccccc3Cl)C2=O)c1. The van der Waals surface area contributed by atoms with Crippen LogP contribution in [0.1, 0.15) is 18.1 Å². The van der Waals surface area contributed by atoms with Crippen LogP contribution in [0.15, 0.2) is 78.5 Å². The van der Waals surface area contributed by atoms with E-state index in [0.29, 0.717) is 39.2 Å². The molecule has 4 rings (SSSR count). The molecular formula is C25H20Cl2N2O3. The molecule has 0 radical (unpaired) electrons. The summed E-state index contributed by atoms with van der Waals surface area (Å²) in [5.74, 6) is -0.168. The molecule has 1 aliphatic heterocycles. The second-order valence-corrected chi connectivity index (χ2v) is 7.97. The van der Waals surface area contributed by atoms with Crippen LogP contribution >= 0.6 is 23.2 Å². The van der Waals surface area contributed by atoms with E-state index >= 15 is 0 Å². The van der Waals surface area contributed by atoms with Crippen molar-refractivity contribution < 1.29 is 14.3 Å². The molecule has 0 atom stereocenters. The number of nitrogens with one attached hydrogen (secondary N) is 1. The maximum absolute atomic E-state index is 13.4. The minimum Gasteiger partial charge on any atom is -0.494 e. The van der Waals surface area contributed by atoms with Crippen molar-refractivity contribution >= 4 is 46.3 Å². The van der Waals surface area contributed by atoms with Crippen LogP contribution in [0, 0.1) is 0 Å². The normalized spacial score (nSPS) is 13.7. The molecule has 0 saturated heterocycles. The van der Waals surface area contributed by atoms with Gasteiger partial charge < -0.3 is 10.1 Å². The van der Waals surface area contributed by atoms with Gasteiger partial charge in [0, 0.05) is 21.8 Å². The van der Waals surface area contributed by atoms with Gasteiger partial charge in [-0.15, -0.1) is 0 Å². The van der Waals surface area contributed by atoms with Crippen LogP contribution in [0.25, 0.3) is 5.57 Å². The second kappa shape index (κ2) is 9.47. The van der Waals surface area contributed by atoms with Crippen molar-refractivity contribution in [2.45, 2.75) is 13.5 Å². The smallest absolute Gasteiger partial charge is 0.278 e. The molecule has 3 aromatic carbocycles. The molecule has 32 heavy (non-hydrogen) atoms. The topological polar surface area (TPSA) is 58.6 Å². The Morgan fingerprint density at radius 3 is 2.38 bits per heavy atom. The molecule has 162 valence electrons. The Hall–Kier alpha value is -3.28. The van der Waals surface area contributed by atoms with Crippen LogP contribution in [-0.2, 0) is 16.1 Å². The Balaban J connectivity index is 1.73. The van der Waals surface area contributed by atoms with Crippen molar-refractivity contribution in [3.8, 4) is 5.75 Å². The molecule has 1 N–H and O–H groups in total. The largest absolute Gasteiger partial charge is 0.494 e. The third-order valence-electron chi connectivity index (χ3n) is 5.00. The predicted octanol–water partition coefficient (Wildman–Crippen LogP) is 5.78. The lowest BCUT2D eigenvalue weighted by Gasteiger charge is -2.16. The number of halogens is 2. The van der Waals surface area contributed by atoms with Crippen LogP contribution in [0.4, 0.5) is 5.69 Å². The highest BCUT2D eigenvalue weighted by Gasteiger charge is 2.39. The number of carbonyl (C=O) groups excluding carboxylic acids is 2. The zero-order valence-electron chi connectivity index (χ0n) is 17.3. The summed E-state index contributed by atoms with van der Waals surface area (Å²) in [6, 6.07) is 21.2. The monoisotopic (exact) mass is 466 g/mol. The van der Waals surface area contributed by atoms with E-state index in [4.69, 9.17) is 27.9 Å². The zero-order chi connectivity index (χ0) is 22.7. The van der Waals surface area contributed by atoms with E-state index in [2.05, 4.69) is 5.32 Å². The molecule has 7 heteroatoms. The Bertz CT molecular complexity index is 1210. The quantitative estimate of drug-likeness (QED) is 0.448. The average Bonchev–Trinajstić information content (AvgIpc) is 3.01. The number of anilines is 1. The van der Waals surface area contributed by atoms with Crippen LogP contribution in [0.5, 0.6) is 5.75 Å². The second-order valence-electron chi connectivity index (χ2n) is 7.13. The standard InChI is InChI=1S/C25H20Cl2N2O3/c1-2-32-20-8-5-7-19(14-20)28-23-22(16-10-12-18(26)13-11-16)24(30)29(25(23)31)15-17-6-3-4-9-21(17)27/h3-14,28H,2,15H2,1H3. The molecule has 0 spiro atoms. The number of hydrogen-bond donors (Lipinski definition) is 1. The van der Waals surface area contributed by atoms with Crippen molar-refractivity contribution in [2.75, 3.05) is 11.9 Å². The molecule has 3 aromatic rings. The van der Waals surface area contributed by atoms with E-state index in [1.54, 1.807) is 48.5 Å².